The first-order valence-electron chi connectivity index (χ1n) is 11.3. The summed E-state index contributed by atoms with van der Waals surface area (Å²) in [6, 6.07) is 5.59. The number of nitrogens with zero attached hydrogens (tertiary/aromatic N) is 6. The molecule has 0 aliphatic carbocycles. The number of nitrogens with one attached hydrogen (secondary N) is 1. The predicted octanol–water partition coefficient (Wildman–Crippen LogP) is 2.96. The van der Waals surface area contributed by atoms with Crippen molar-refractivity contribution < 1.29 is 14.3 Å². The highest BCUT2D eigenvalue weighted by molar-refractivity contribution is 5.74. The van der Waals surface area contributed by atoms with Crippen LogP contribution in [0.15, 0.2) is 36.9 Å². The van der Waals surface area contributed by atoms with E-state index in [1.807, 2.05) is 30.0 Å². The van der Waals surface area contributed by atoms with Gasteiger partial charge in [0.15, 0.2) is 17.3 Å². The minimum atomic E-state index is -0.193. The SMILES string of the molecule is Cc1nc(C2CCCCCN2C(=O)NCCc2ccc3c(c2)OCO3)nc(-n2ccnc2)n1. The fourth-order valence-corrected chi connectivity index (χ4v) is 4.26. The molecule has 172 valence electrons. The molecule has 2 aromatic heterocycles. The number of imidazole rings is 1. The number of fused-ring (bicyclic) bond motifs is 1. The monoisotopic (exact) mass is 449 g/mol. The second kappa shape index (κ2) is 9.43. The minimum Gasteiger partial charge on any atom is -0.454 e. The van der Waals surface area contributed by atoms with Crippen LogP contribution >= 0.6 is 0 Å². The molecule has 33 heavy (non-hydrogen) atoms. The number of hydrogen-bond donors (Lipinski definition) is 1. The van der Waals surface area contributed by atoms with Gasteiger partial charge in [0.2, 0.25) is 12.7 Å². The normalized spacial score (nSPS) is 17.6. The van der Waals surface area contributed by atoms with Crippen molar-refractivity contribution in [2.75, 3.05) is 19.9 Å². The van der Waals surface area contributed by atoms with E-state index < -0.39 is 0 Å². The molecule has 2 amide bonds. The van der Waals surface area contributed by atoms with Crippen LogP contribution in [-0.2, 0) is 6.42 Å². The van der Waals surface area contributed by atoms with Crippen LogP contribution in [0, 0.1) is 6.92 Å². The van der Waals surface area contributed by atoms with E-state index in [1.54, 1.807) is 23.3 Å². The van der Waals surface area contributed by atoms with Crippen molar-refractivity contribution in [1.82, 2.24) is 34.7 Å². The van der Waals surface area contributed by atoms with Crippen LogP contribution < -0.4 is 14.8 Å². The highest BCUT2D eigenvalue weighted by Gasteiger charge is 2.29. The molecule has 2 aliphatic heterocycles. The van der Waals surface area contributed by atoms with Crippen LogP contribution in [0.25, 0.3) is 5.95 Å². The number of urea groups is 1. The third-order valence-corrected chi connectivity index (χ3v) is 5.93. The van der Waals surface area contributed by atoms with Gasteiger partial charge in [-0.2, -0.15) is 9.97 Å². The van der Waals surface area contributed by atoms with Crippen molar-refractivity contribution in [3.8, 4) is 17.4 Å². The largest absolute Gasteiger partial charge is 0.454 e. The maximum Gasteiger partial charge on any atom is 0.318 e. The molecule has 0 radical (unpaired) electrons. The number of likely N-dealkylation sites (tertiary alicyclic amines) is 1. The quantitative estimate of drug-likeness (QED) is 0.638. The molecule has 3 aromatic rings. The third kappa shape index (κ3) is 4.74. The van der Waals surface area contributed by atoms with Gasteiger partial charge < -0.3 is 19.7 Å². The van der Waals surface area contributed by atoms with Gasteiger partial charge in [-0.15, -0.1) is 0 Å². The van der Waals surface area contributed by atoms with E-state index in [4.69, 9.17) is 9.47 Å². The Morgan fingerprint density at radius 3 is 2.94 bits per heavy atom. The molecular weight excluding hydrogens is 422 g/mol. The van der Waals surface area contributed by atoms with Crippen molar-refractivity contribution in [2.24, 2.45) is 0 Å². The smallest absolute Gasteiger partial charge is 0.318 e. The molecule has 5 rings (SSSR count). The first-order chi connectivity index (χ1) is 16.2. The lowest BCUT2D eigenvalue weighted by Crippen LogP contribution is -2.43. The van der Waals surface area contributed by atoms with Gasteiger partial charge in [0.05, 0.1) is 6.04 Å². The van der Waals surface area contributed by atoms with E-state index in [0.29, 0.717) is 37.1 Å². The Kier molecular flexibility index (Phi) is 6.05. The van der Waals surface area contributed by atoms with E-state index in [0.717, 1.165) is 42.7 Å². The number of carbonyl (C=O) groups is 1. The second-order valence-electron chi connectivity index (χ2n) is 8.24. The number of ether oxygens (including phenoxy) is 2. The summed E-state index contributed by atoms with van der Waals surface area (Å²) in [7, 11) is 0. The van der Waals surface area contributed by atoms with Gasteiger partial charge in [-0.1, -0.05) is 18.9 Å². The highest BCUT2D eigenvalue weighted by atomic mass is 16.7. The molecule has 1 atom stereocenters. The Balaban J connectivity index is 1.29. The van der Waals surface area contributed by atoms with E-state index in [2.05, 4.69) is 25.3 Å². The molecule has 0 spiro atoms. The molecular formula is C23H27N7O3. The number of hydrogen-bond acceptors (Lipinski definition) is 7. The zero-order valence-electron chi connectivity index (χ0n) is 18.6. The van der Waals surface area contributed by atoms with Crippen LogP contribution in [0.5, 0.6) is 11.5 Å². The average Bonchev–Trinajstić information content (AvgIpc) is 3.45. The van der Waals surface area contributed by atoms with Gasteiger partial charge in [-0.3, -0.25) is 4.57 Å². The van der Waals surface area contributed by atoms with Crippen molar-refractivity contribution in [3.05, 3.63) is 54.1 Å². The molecule has 10 nitrogen and oxygen atoms in total. The lowest BCUT2D eigenvalue weighted by atomic mass is 10.1. The van der Waals surface area contributed by atoms with E-state index in [-0.39, 0.29) is 18.9 Å². The first kappa shape index (κ1) is 21.2. The lowest BCUT2D eigenvalue weighted by molar-refractivity contribution is 0.172. The summed E-state index contributed by atoms with van der Waals surface area (Å²) in [5, 5.41) is 3.08. The summed E-state index contributed by atoms with van der Waals surface area (Å²) in [4.78, 5) is 32.9. The highest BCUT2D eigenvalue weighted by Crippen LogP contribution is 2.32. The van der Waals surface area contributed by atoms with Crippen LogP contribution in [0.1, 0.15) is 48.9 Å². The Morgan fingerprint density at radius 1 is 1.15 bits per heavy atom. The Hall–Kier alpha value is -3.69. The van der Waals surface area contributed by atoms with Crippen LogP contribution in [0.4, 0.5) is 4.79 Å². The minimum absolute atomic E-state index is 0.0927. The van der Waals surface area contributed by atoms with Crippen molar-refractivity contribution >= 4 is 6.03 Å². The summed E-state index contributed by atoms with van der Waals surface area (Å²) in [5.74, 6) is 3.28. The number of aromatic nitrogens is 5. The molecule has 1 saturated heterocycles. The van der Waals surface area contributed by atoms with Gasteiger partial charge in [0.1, 0.15) is 12.2 Å². The van der Waals surface area contributed by atoms with Crippen LogP contribution in [0.2, 0.25) is 0 Å². The summed E-state index contributed by atoms with van der Waals surface area (Å²) in [5.41, 5.74) is 1.09. The number of amides is 2. The Morgan fingerprint density at radius 2 is 2.06 bits per heavy atom. The topological polar surface area (TPSA) is 107 Å². The molecule has 1 fully saturated rings. The van der Waals surface area contributed by atoms with Gasteiger partial charge >= 0.3 is 6.03 Å². The molecule has 4 heterocycles. The predicted molar refractivity (Wildman–Crippen MR) is 119 cm³/mol. The maximum atomic E-state index is 13.2. The Labute approximate surface area is 192 Å². The van der Waals surface area contributed by atoms with E-state index >= 15 is 0 Å². The second-order valence-corrected chi connectivity index (χ2v) is 8.24. The van der Waals surface area contributed by atoms with Gasteiger partial charge in [0.25, 0.3) is 0 Å². The summed E-state index contributed by atoms with van der Waals surface area (Å²) < 4.78 is 12.6. The zero-order chi connectivity index (χ0) is 22.6. The van der Waals surface area contributed by atoms with Crippen molar-refractivity contribution in [1.29, 1.82) is 0 Å². The maximum absolute atomic E-state index is 13.2. The molecule has 10 heteroatoms. The van der Waals surface area contributed by atoms with Gasteiger partial charge in [-0.25, -0.2) is 14.8 Å². The summed E-state index contributed by atoms with van der Waals surface area (Å²) >= 11 is 0. The number of carbonyl (C=O) groups excluding carboxylic acids is 1. The van der Waals surface area contributed by atoms with E-state index in [1.165, 1.54) is 0 Å². The summed E-state index contributed by atoms with van der Waals surface area (Å²) in [6.45, 7) is 3.30. The van der Waals surface area contributed by atoms with Gasteiger partial charge in [0, 0.05) is 25.5 Å². The molecule has 2 aliphatic rings. The van der Waals surface area contributed by atoms with Crippen molar-refractivity contribution in [2.45, 2.75) is 45.1 Å². The van der Waals surface area contributed by atoms with E-state index in [9.17, 15) is 4.79 Å². The number of benzene rings is 1. The fraction of sp³-hybridized carbons (Fsp3) is 0.435. The lowest BCUT2D eigenvalue weighted by Gasteiger charge is -2.29. The molecule has 1 unspecified atom stereocenters. The van der Waals surface area contributed by atoms with Crippen molar-refractivity contribution in [3.63, 3.8) is 0 Å². The molecule has 0 bridgehead atoms. The Bertz CT molecular complexity index is 1120. The molecule has 1 aromatic carbocycles. The number of aryl methyl sites for hydroxylation is 1. The van der Waals surface area contributed by atoms with Crippen LogP contribution in [0.3, 0.4) is 0 Å². The molecule has 1 N–H and O–H groups in total. The average molecular weight is 450 g/mol. The third-order valence-electron chi connectivity index (χ3n) is 5.93. The number of rotatable bonds is 5. The van der Waals surface area contributed by atoms with Gasteiger partial charge in [-0.05, 0) is 43.9 Å². The summed E-state index contributed by atoms with van der Waals surface area (Å²) in [6.07, 6.45) is 9.74. The fourth-order valence-electron chi connectivity index (χ4n) is 4.26. The first-order valence-corrected chi connectivity index (χ1v) is 11.3. The molecule has 0 saturated carbocycles. The zero-order valence-corrected chi connectivity index (χ0v) is 18.6. The van der Waals surface area contributed by atoms with Crippen LogP contribution in [-0.4, -0.2) is 55.3 Å². The standard InChI is InChI=1S/C23H27N7O3/c1-16-26-21(28-22(27-16)29-12-10-24-14-29)18-5-3-2-4-11-30(18)23(31)25-9-8-17-6-7-19-20(13-17)33-15-32-19/h6-7,10,12-14,18H,2-5,8-9,11,15H2,1H3,(H,25,31).